The van der Waals surface area contributed by atoms with Gasteiger partial charge in [0.05, 0.1) is 5.92 Å². The van der Waals surface area contributed by atoms with Crippen LogP contribution in [0.1, 0.15) is 43.4 Å². The molecule has 0 saturated carbocycles. The number of rotatable bonds is 8. The van der Waals surface area contributed by atoms with Crippen molar-refractivity contribution in [2.45, 2.75) is 38.8 Å². The highest BCUT2D eigenvalue weighted by Crippen LogP contribution is 2.25. The summed E-state index contributed by atoms with van der Waals surface area (Å²) in [6.07, 6.45) is -0.666. The van der Waals surface area contributed by atoms with Crippen LogP contribution in [0.3, 0.4) is 0 Å². The Balaban J connectivity index is 1.65. The van der Waals surface area contributed by atoms with Crippen molar-refractivity contribution in [1.29, 1.82) is 0 Å². The van der Waals surface area contributed by atoms with Crippen LogP contribution >= 0.6 is 0 Å². The van der Waals surface area contributed by atoms with Crippen molar-refractivity contribution in [3.63, 3.8) is 0 Å². The smallest absolute Gasteiger partial charge is 0.408 e. The van der Waals surface area contributed by atoms with E-state index in [9.17, 15) is 14.4 Å². The summed E-state index contributed by atoms with van der Waals surface area (Å²) in [4.78, 5) is 37.5. The minimum Gasteiger partial charge on any atom is -0.444 e. The third-order valence-electron chi connectivity index (χ3n) is 5.06. The standard InChI is InChI=1S/C28H31N3O4/c1-28(2,3)35-27(34)30-19-24(32)31-23-17-11-10-16-22(23)18-29-26(33)25(20-12-6-4-7-13-20)21-14-8-5-9-15-21/h4-17,25H,18-19H2,1-3H3,(H,29,33)(H,30,34)(H,31,32). The molecule has 3 aromatic carbocycles. The molecule has 0 radical (unpaired) electrons. The molecule has 0 aliphatic rings. The summed E-state index contributed by atoms with van der Waals surface area (Å²) in [6, 6.07) is 26.4. The normalized spacial score (nSPS) is 11.0. The number of anilines is 1. The van der Waals surface area contributed by atoms with E-state index in [1.807, 2.05) is 72.8 Å². The molecular weight excluding hydrogens is 442 g/mol. The molecule has 3 N–H and O–H groups in total. The Morgan fingerprint density at radius 1 is 0.771 bits per heavy atom. The van der Waals surface area contributed by atoms with Crippen molar-refractivity contribution in [3.8, 4) is 0 Å². The van der Waals surface area contributed by atoms with Gasteiger partial charge in [0.15, 0.2) is 0 Å². The summed E-state index contributed by atoms with van der Waals surface area (Å²) in [6.45, 7) is 5.23. The average molecular weight is 474 g/mol. The molecule has 0 aliphatic carbocycles. The maximum Gasteiger partial charge on any atom is 0.408 e. The van der Waals surface area contributed by atoms with Crippen LogP contribution in [0.4, 0.5) is 10.5 Å². The monoisotopic (exact) mass is 473 g/mol. The third-order valence-corrected chi connectivity index (χ3v) is 5.06. The van der Waals surface area contributed by atoms with Crippen molar-refractivity contribution in [3.05, 3.63) is 102 Å². The highest BCUT2D eigenvalue weighted by molar-refractivity contribution is 5.94. The molecule has 0 fully saturated rings. The molecule has 7 heteroatoms. The second kappa shape index (κ2) is 11.8. The molecular formula is C28H31N3O4. The van der Waals surface area contributed by atoms with Crippen molar-refractivity contribution in [2.75, 3.05) is 11.9 Å². The first kappa shape index (κ1) is 25.5. The maximum absolute atomic E-state index is 13.3. The molecule has 0 heterocycles. The number of carbonyl (C=O) groups excluding carboxylic acids is 3. The molecule has 7 nitrogen and oxygen atoms in total. The Kier molecular flexibility index (Phi) is 8.62. The summed E-state index contributed by atoms with van der Waals surface area (Å²) in [7, 11) is 0. The highest BCUT2D eigenvalue weighted by atomic mass is 16.6. The van der Waals surface area contributed by atoms with Crippen LogP contribution in [-0.4, -0.2) is 30.1 Å². The maximum atomic E-state index is 13.3. The van der Waals surface area contributed by atoms with Crippen LogP contribution in [0.25, 0.3) is 0 Å². The van der Waals surface area contributed by atoms with Crippen LogP contribution < -0.4 is 16.0 Å². The van der Waals surface area contributed by atoms with E-state index < -0.39 is 23.5 Å². The van der Waals surface area contributed by atoms with E-state index in [0.29, 0.717) is 5.69 Å². The zero-order valence-electron chi connectivity index (χ0n) is 20.2. The van der Waals surface area contributed by atoms with Gasteiger partial charge in [-0.1, -0.05) is 78.9 Å². The number of nitrogens with one attached hydrogen (secondary N) is 3. The fraction of sp³-hybridized carbons (Fsp3) is 0.250. The van der Waals surface area contributed by atoms with Gasteiger partial charge in [0.25, 0.3) is 0 Å². The Labute approximate surface area is 205 Å². The van der Waals surface area contributed by atoms with Crippen LogP contribution in [0.2, 0.25) is 0 Å². The van der Waals surface area contributed by atoms with Gasteiger partial charge < -0.3 is 20.7 Å². The van der Waals surface area contributed by atoms with Gasteiger partial charge in [0.2, 0.25) is 11.8 Å². The Bertz CT molecular complexity index is 1100. The van der Waals surface area contributed by atoms with Gasteiger partial charge in [-0.3, -0.25) is 9.59 Å². The molecule has 0 bridgehead atoms. The highest BCUT2D eigenvalue weighted by Gasteiger charge is 2.22. The first-order valence-electron chi connectivity index (χ1n) is 11.4. The largest absolute Gasteiger partial charge is 0.444 e. The van der Waals surface area contributed by atoms with E-state index in [1.165, 1.54) is 0 Å². The molecule has 0 spiro atoms. The summed E-state index contributed by atoms with van der Waals surface area (Å²) in [5, 5.41) is 8.23. The molecule has 0 saturated heterocycles. The Morgan fingerprint density at radius 3 is 1.89 bits per heavy atom. The number of benzene rings is 3. The first-order chi connectivity index (χ1) is 16.7. The number of hydrogen-bond acceptors (Lipinski definition) is 4. The number of para-hydroxylation sites is 1. The number of alkyl carbamates (subject to hydrolysis) is 1. The fourth-order valence-electron chi connectivity index (χ4n) is 3.53. The minimum atomic E-state index is -0.666. The molecule has 0 atom stereocenters. The Hall–Kier alpha value is -4.13. The van der Waals surface area contributed by atoms with Crippen molar-refractivity contribution in [1.82, 2.24) is 10.6 Å². The lowest BCUT2D eigenvalue weighted by Crippen LogP contribution is -2.37. The van der Waals surface area contributed by atoms with Crippen LogP contribution in [0.5, 0.6) is 0 Å². The summed E-state index contributed by atoms with van der Waals surface area (Å²) in [5.41, 5.74) is 2.44. The van der Waals surface area contributed by atoms with E-state index in [-0.39, 0.29) is 19.0 Å². The quantitative estimate of drug-likeness (QED) is 0.446. The molecule has 0 aromatic heterocycles. The number of carbonyl (C=O) groups is 3. The van der Waals surface area contributed by atoms with Crippen LogP contribution in [-0.2, 0) is 20.9 Å². The van der Waals surface area contributed by atoms with Crippen LogP contribution in [0.15, 0.2) is 84.9 Å². The lowest BCUT2D eigenvalue weighted by molar-refractivity contribution is -0.121. The summed E-state index contributed by atoms with van der Waals surface area (Å²) >= 11 is 0. The molecule has 182 valence electrons. The summed E-state index contributed by atoms with van der Waals surface area (Å²) in [5.74, 6) is -1.01. The molecule has 3 aromatic rings. The molecule has 35 heavy (non-hydrogen) atoms. The average Bonchev–Trinajstić information content (AvgIpc) is 2.83. The van der Waals surface area contributed by atoms with E-state index in [0.717, 1.165) is 16.7 Å². The van der Waals surface area contributed by atoms with E-state index in [1.54, 1.807) is 32.9 Å². The predicted molar refractivity (Wildman–Crippen MR) is 136 cm³/mol. The van der Waals surface area contributed by atoms with Gasteiger partial charge in [-0.25, -0.2) is 4.79 Å². The van der Waals surface area contributed by atoms with Gasteiger partial charge in [-0.05, 0) is 43.5 Å². The third kappa shape index (κ3) is 7.99. The fourth-order valence-corrected chi connectivity index (χ4v) is 3.53. The van der Waals surface area contributed by atoms with Gasteiger partial charge in [-0.2, -0.15) is 0 Å². The van der Waals surface area contributed by atoms with E-state index >= 15 is 0 Å². The van der Waals surface area contributed by atoms with Crippen molar-refractivity contribution >= 4 is 23.6 Å². The molecule has 0 aliphatic heterocycles. The van der Waals surface area contributed by atoms with Gasteiger partial charge in [-0.15, -0.1) is 0 Å². The van der Waals surface area contributed by atoms with E-state index in [2.05, 4.69) is 16.0 Å². The SMILES string of the molecule is CC(C)(C)OC(=O)NCC(=O)Nc1ccccc1CNC(=O)C(c1ccccc1)c1ccccc1. The summed E-state index contributed by atoms with van der Waals surface area (Å²) < 4.78 is 5.14. The number of hydrogen-bond donors (Lipinski definition) is 3. The molecule has 3 amide bonds. The number of ether oxygens (including phenoxy) is 1. The van der Waals surface area contributed by atoms with Crippen LogP contribution in [0, 0.1) is 0 Å². The van der Waals surface area contributed by atoms with Crippen molar-refractivity contribution in [2.24, 2.45) is 0 Å². The predicted octanol–water partition coefficient (Wildman–Crippen LogP) is 4.60. The topological polar surface area (TPSA) is 96.5 Å². The minimum absolute atomic E-state index is 0.143. The van der Waals surface area contributed by atoms with E-state index in [4.69, 9.17) is 4.74 Å². The zero-order chi connectivity index (χ0) is 25.3. The zero-order valence-corrected chi connectivity index (χ0v) is 20.2. The first-order valence-corrected chi connectivity index (χ1v) is 11.4. The molecule has 3 rings (SSSR count). The second-order valence-corrected chi connectivity index (χ2v) is 9.03. The number of amides is 3. The van der Waals surface area contributed by atoms with Gasteiger partial charge >= 0.3 is 6.09 Å². The van der Waals surface area contributed by atoms with Gasteiger partial charge in [0, 0.05) is 12.2 Å². The second-order valence-electron chi connectivity index (χ2n) is 9.03. The lowest BCUT2D eigenvalue weighted by Gasteiger charge is -2.20. The molecule has 0 unspecified atom stereocenters. The van der Waals surface area contributed by atoms with Gasteiger partial charge in [0.1, 0.15) is 12.1 Å². The Morgan fingerprint density at radius 2 is 1.31 bits per heavy atom. The lowest BCUT2D eigenvalue weighted by atomic mass is 9.90. The van der Waals surface area contributed by atoms with Crippen molar-refractivity contribution < 1.29 is 19.1 Å².